The van der Waals surface area contributed by atoms with Gasteiger partial charge in [0.2, 0.25) is 0 Å². The highest BCUT2D eigenvalue weighted by molar-refractivity contribution is 6.33. The van der Waals surface area contributed by atoms with E-state index in [0.717, 1.165) is 22.5 Å². The third kappa shape index (κ3) is 2.72. The Hall–Kier alpha value is -2.35. The summed E-state index contributed by atoms with van der Waals surface area (Å²) in [6.07, 6.45) is 0.677. The van der Waals surface area contributed by atoms with E-state index in [1.807, 2.05) is 29.8 Å². The average molecular weight is 422 g/mol. The minimum absolute atomic E-state index is 0.0558. The van der Waals surface area contributed by atoms with E-state index >= 15 is 0 Å². The smallest absolute Gasteiger partial charge is 0.344 e. The van der Waals surface area contributed by atoms with E-state index in [1.165, 1.54) is 0 Å². The van der Waals surface area contributed by atoms with E-state index in [2.05, 4.69) is 15.2 Å². The van der Waals surface area contributed by atoms with Gasteiger partial charge < -0.3 is 9.13 Å². The van der Waals surface area contributed by atoms with Gasteiger partial charge in [-0.2, -0.15) is 13.2 Å². The van der Waals surface area contributed by atoms with Gasteiger partial charge in [-0.15, -0.1) is 10.2 Å². The highest BCUT2D eigenvalue weighted by atomic mass is 35.5. The van der Waals surface area contributed by atoms with Crippen LogP contribution in [0.3, 0.4) is 0 Å². The number of aromatic nitrogens is 5. The van der Waals surface area contributed by atoms with Gasteiger partial charge in [0.05, 0.1) is 10.7 Å². The molecular formula is C20H19ClF3N5. The van der Waals surface area contributed by atoms with Crippen LogP contribution in [0.15, 0.2) is 24.5 Å². The molecule has 1 fully saturated rings. The Bertz CT molecular complexity index is 1090. The van der Waals surface area contributed by atoms with Gasteiger partial charge in [-0.3, -0.25) is 4.98 Å². The van der Waals surface area contributed by atoms with E-state index in [1.54, 1.807) is 10.8 Å². The van der Waals surface area contributed by atoms with E-state index in [-0.39, 0.29) is 18.7 Å². The maximum Gasteiger partial charge on any atom is 0.401 e. The van der Waals surface area contributed by atoms with Gasteiger partial charge in [0, 0.05) is 42.3 Å². The van der Waals surface area contributed by atoms with Crippen LogP contribution in [0.4, 0.5) is 13.2 Å². The predicted octanol–water partition coefficient (Wildman–Crippen LogP) is 5.16. The Morgan fingerprint density at radius 1 is 1.10 bits per heavy atom. The molecule has 5 rings (SSSR count). The fourth-order valence-corrected chi connectivity index (χ4v) is 4.63. The zero-order valence-electron chi connectivity index (χ0n) is 15.8. The number of nitrogens with zero attached hydrogens (tertiary/aromatic N) is 5. The number of fused-ring (bicyclic) bond motifs is 3. The normalized spacial score (nSPS) is 18.0. The second-order valence-corrected chi connectivity index (χ2v) is 8.31. The minimum Gasteiger partial charge on any atom is -0.344 e. The summed E-state index contributed by atoms with van der Waals surface area (Å²) in [5, 5.41) is 8.80. The van der Waals surface area contributed by atoms with Crippen molar-refractivity contribution >= 4 is 11.6 Å². The molecule has 1 saturated carbocycles. The van der Waals surface area contributed by atoms with Crippen molar-refractivity contribution in [3.63, 3.8) is 0 Å². The zero-order chi connectivity index (χ0) is 20.4. The number of halogens is 4. The van der Waals surface area contributed by atoms with Crippen molar-refractivity contribution in [1.82, 2.24) is 24.3 Å². The lowest BCUT2D eigenvalue weighted by Crippen LogP contribution is -2.49. The van der Waals surface area contributed by atoms with E-state index in [4.69, 9.17) is 11.6 Å². The number of rotatable bonds is 2. The maximum atomic E-state index is 13.9. The topological polar surface area (TPSA) is 48.5 Å². The fourth-order valence-electron chi connectivity index (χ4n) is 4.42. The number of hydrogen-bond donors (Lipinski definition) is 0. The lowest BCUT2D eigenvalue weighted by Gasteiger charge is -2.42. The van der Waals surface area contributed by atoms with Crippen LogP contribution in [-0.2, 0) is 18.5 Å². The van der Waals surface area contributed by atoms with Crippen molar-refractivity contribution in [1.29, 1.82) is 0 Å². The van der Waals surface area contributed by atoms with Crippen molar-refractivity contribution in [2.24, 2.45) is 0 Å². The minimum atomic E-state index is -4.32. The third-order valence-corrected chi connectivity index (χ3v) is 6.44. The summed E-state index contributed by atoms with van der Waals surface area (Å²) in [7, 11) is 0. The molecule has 0 N–H and O–H groups in total. The first kappa shape index (κ1) is 18.7. The van der Waals surface area contributed by atoms with Gasteiger partial charge in [-0.25, -0.2) is 0 Å². The maximum absolute atomic E-state index is 13.9. The molecule has 0 saturated heterocycles. The van der Waals surface area contributed by atoms with Crippen LogP contribution in [0.5, 0.6) is 0 Å². The quantitative estimate of drug-likeness (QED) is 0.574. The highest BCUT2D eigenvalue weighted by Gasteiger charge is 2.62. The molecular weight excluding hydrogens is 403 g/mol. The lowest BCUT2D eigenvalue weighted by molar-refractivity contribution is -0.216. The Labute approximate surface area is 170 Å². The molecule has 5 nitrogen and oxygen atoms in total. The monoisotopic (exact) mass is 421 g/mol. The fraction of sp³-hybridized carbons (Fsp3) is 0.450. The molecule has 9 heteroatoms. The molecule has 0 aromatic carbocycles. The lowest BCUT2D eigenvalue weighted by atomic mass is 9.67. The van der Waals surface area contributed by atoms with Gasteiger partial charge in [0.15, 0.2) is 5.82 Å². The predicted molar refractivity (Wildman–Crippen MR) is 103 cm³/mol. The molecule has 1 aliphatic carbocycles. The standard InChI is InChI=1S/C20H19ClF3N5/c1-12-8-14(15(21)10-25-12)13-9-16-17-26-27-18(19(4-2-5-19)20(22,23)24)29(17)7-3-6-28(16)11-13/h8-11H,2-7H2,1H3. The Morgan fingerprint density at radius 3 is 2.59 bits per heavy atom. The van der Waals surface area contributed by atoms with Crippen molar-refractivity contribution in [2.45, 2.75) is 57.3 Å². The molecule has 3 aromatic heterocycles. The third-order valence-electron chi connectivity index (χ3n) is 6.14. The van der Waals surface area contributed by atoms with Crippen LogP contribution < -0.4 is 0 Å². The van der Waals surface area contributed by atoms with Crippen LogP contribution in [0.1, 0.15) is 37.2 Å². The molecule has 4 heterocycles. The molecule has 0 unspecified atom stereocenters. The molecule has 2 aliphatic rings. The van der Waals surface area contributed by atoms with Crippen molar-refractivity contribution in [3.05, 3.63) is 41.1 Å². The summed E-state index contributed by atoms with van der Waals surface area (Å²) in [5.41, 5.74) is 1.47. The Balaban J connectivity index is 1.64. The SMILES string of the molecule is Cc1cc(-c2cc3n(c2)CCCn2c-3nnc2C2(C(F)(F)F)CCC2)c(Cl)cn1. The summed E-state index contributed by atoms with van der Waals surface area (Å²) in [6.45, 7) is 3.05. The Kier molecular flexibility index (Phi) is 4.07. The average Bonchev–Trinajstić information content (AvgIpc) is 3.16. The molecule has 152 valence electrons. The van der Waals surface area contributed by atoms with Gasteiger partial charge in [-0.05, 0) is 38.3 Å². The van der Waals surface area contributed by atoms with Gasteiger partial charge in [-0.1, -0.05) is 18.0 Å². The van der Waals surface area contributed by atoms with Crippen LogP contribution in [-0.4, -0.2) is 30.5 Å². The molecule has 0 atom stereocenters. The zero-order valence-corrected chi connectivity index (χ0v) is 16.6. The second kappa shape index (κ2) is 6.32. The summed E-state index contributed by atoms with van der Waals surface area (Å²) >= 11 is 6.34. The number of hydrogen-bond acceptors (Lipinski definition) is 3. The summed E-state index contributed by atoms with van der Waals surface area (Å²) in [6, 6.07) is 3.83. The summed E-state index contributed by atoms with van der Waals surface area (Å²) in [4.78, 5) is 4.20. The molecule has 1 aliphatic heterocycles. The first-order chi connectivity index (χ1) is 13.8. The number of pyridine rings is 1. The van der Waals surface area contributed by atoms with Crippen LogP contribution in [0.25, 0.3) is 22.6 Å². The molecule has 29 heavy (non-hydrogen) atoms. The van der Waals surface area contributed by atoms with E-state index < -0.39 is 11.6 Å². The molecule has 0 radical (unpaired) electrons. The number of alkyl halides is 3. The first-order valence-electron chi connectivity index (χ1n) is 9.64. The summed E-state index contributed by atoms with van der Waals surface area (Å²) in [5.74, 6) is 0.543. The van der Waals surface area contributed by atoms with Crippen LogP contribution in [0, 0.1) is 6.92 Å². The molecule has 0 spiro atoms. The largest absolute Gasteiger partial charge is 0.401 e. The van der Waals surface area contributed by atoms with Gasteiger partial charge in [0.1, 0.15) is 11.2 Å². The van der Waals surface area contributed by atoms with Gasteiger partial charge >= 0.3 is 6.18 Å². The van der Waals surface area contributed by atoms with Gasteiger partial charge in [0.25, 0.3) is 0 Å². The number of aryl methyl sites for hydroxylation is 2. The highest BCUT2D eigenvalue weighted by Crippen LogP contribution is 2.54. The van der Waals surface area contributed by atoms with Crippen LogP contribution in [0.2, 0.25) is 5.02 Å². The van der Waals surface area contributed by atoms with E-state index in [9.17, 15) is 13.2 Å². The van der Waals surface area contributed by atoms with Crippen molar-refractivity contribution in [3.8, 4) is 22.6 Å². The molecule has 0 amide bonds. The first-order valence-corrected chi connectivity index (χ1v) is 10.0. The van der Waals surface area contributed by atoms with Crippen molar-refractivity contribution in [2.75, 3.05) is 0 Å². The van der Waals surface area contributed by atoms with Crippen LogP contribution >= 0.6 is 11.6 Å². The Morgan fingerprint density at radius 2 is 1.90 bits per heavy atom. The van der Waals surface area contributed by atoms with Crippen molar-refractivity contribution < 1.29 is 13.2 Å². The summed E-state index contributed by atoms with van der Waals surface area (Å²) < 4.78 is 45.4. The molecule has 0 bridgehead atoms. The molecule has 3 aromatic rings. The second-order valence-electron chi connectivity index (χ2n) is 7.90. The van der Waals surface area contributed by atoms with E-state index in [0.29, 0.717) is 36.8 Å².